The lowest BCUT2D eigenvalue weighted by Gasteiger charge is -2.20. The van der Waals surface area contributed by atoms with E-state index in [9.17, 15) is 18.0 Å². The smallest absolute Gasteiger partial charge is 0.398 e. The SMILES string of the molecule is Cc1c(C(N)=O)nc2n1CC(COc1ccc(C3(C(F)(F)F)CC3)cc1)O2. The van der Waals surface area contributed by atoms with Crippen LogP contribution < -0.4 is 15.2 Å². The summed E-state index contributed by atoms with van der Waals surface area (Å²) in [4.78, 5) is 15.3. The van der Waals surface area contributed by atoms with E-state index in [0.717, 1.165) is 0 Å². The van der Waals surface area contributed by atoms with Gasteiger partial charge in [0, 0.05) is 0 Å². The molecule has 0 bridgehead atoms. The molecule has 1 atom stereocenters. The first-order valence-corrected chi connectivity index (χ1v) is 8.55. The number of carbonyl (C=O) groups excluding carboxylic acids is 1. The molecule has 1 fully saturated rings. The van der Waals surface area contributed by atoms with Crippen molar-refractivity contribution in [1.29, 1.82) is 0 Å². The summed E-state index contributed by atoms with van der Waals surface area (Å²) in [7, 11) is 0. The lowest BCUT2D eigenvalue weighted by Crippen LogP contribution is -2.28. The van der Waals surface area contributed by atoms with Gasteiger partial charge in [0.05, 0.1) is 17.7 Å². The monoisotopic (exact) mass is 381 g/mol. The number of benzene rings is 1. The van der Waals surface area contributed by atoms with E-state index < -0.39 is 17.5 Å². The third kappa shape index (κ3) is 2.90. The number of alkyl halides is 3. The third-order valence-electron chi connectivity index (χ3n) is 5.21. The molecule has 6 nitrogen and oxygen atoms in total. The number of ether oxygens (including phenoxy) is 2. The van der Waals surface area contributed by atoms with E-state index in [1.165, 1.54) is 12.1 Å². The third-order valence-corrected chi connectivity index (χ3v) is 5.21. The molecule has 1 unspecified atom stereocenters. The van der Waals surface area contributed by atoms with E-state index >= 15 is 0 Å². The Morgan fingerprint density at radius 3 is 2.56 bits per heavy atom. The fourth-order valence-corrected chi connectivity index (χ4v) is 3.44. The van der Waals surface area contributed by atoms with Crippen LogP contribution >= 0.6 is 0 Å². The molecule has 1 aliphatic heterocycles. The van der Waals surface area contributed by atoms with Crippen LogP contribution in [0, 0.1) is 6.92 Å². The van der Waals surface area contributed by atoms with Crippen molar-refractivity contribution >= 4 is 5.91 Å². The van der Waals surface area contributed by atoms with Gasteiger partial charge >= 0.3 is 6.18 Å². The Bertz CT molecular complexity index is 886. The Morgan fingerprint density at radius 1 is 1.37 bits per heavy atom. The molecule has 9 heteroatoms. The van der Waals surface area contributed by atoms with E-state index in [1.807, 2.05) is 0 Å². The van der Waals surface area contributed by atoms with Crippen LogP contribution in [0.4, 0.5) is 13.2 Å². The highest BCUT2D eigenvalue weighted by Crippen LogP contribution is 2.58. The van der Waals surface area contributed by atoms with E-state index in [0.29, 0.717) is 24.0 Å². The van der Waals surface area contributed by atoms with E-state index in [-0.39, 0.29) is 36.8 Å². The first-order chi connectivity index (χ1) is 12.7. The standard InChI is InChI=1S/C18H18F3N3O3/c1-10-14(15(22)25)23-16-24(10)8-13(27-16)9-26-12-4-2-11(3-5-12)17(6-7-17)18(19,20)21/h2-5,13H,6-9H2,1H3,(H2,22,25). The van der Waals surface area contributed by atoms with Crippen molar-refractivity contribution in [3.63, 3.8) is 0 Å². The van der Waals surface area contributed by atoms with Gasteiger partial charge in [-0.05, 0) is 37.5 Å². The summed E-state index contributed by atoms with van der Waals surface area (Å²) in [6, 6.07) is 6.35. The summed E-state index contributed by atoms with van der Waals surface area (Å²) in [5, 5.41) is 0. The average molecular weight is 381 g/mol. The van der Waals surface area contributed by atoms with Gasteiger partial charge in [-0.15, -0.1) is 0 Å². The maximum Gasteiger partial charge on any atom is 0.398 e. The van der Waals surface area contributed by atoms with Crippen LogP contribution in [-0.2, 0) is 12.0 Å². The van der Waals surface area contributed by atoms with E-state index in [2.05, 4.69) is 4.98 Å². The zero-order valence-electron chi connectivity index (χ0n) is 14.5. The number of halogens is 3. The molecule has 2 N–H and O–H groups in total. The molecule has 1 aromatic carbocycles. The molecule has 0 radical (unpaired) electrons. The highest BCUT2D eigenvalue weighted by molar-refractivity contribution is 5.92. The van der Waals surface area contributed by atoms with Crippen LogP contribution in [0.3, 0.4) is 0 Å². The lowest BCUT2D eigenvalue weighted by molar-refractivity contribution is -0.160. The number of rotatable bonds is 5. The van der Waals surface area contributed by atoms with Gasteiger partial charge in [-0.2, -0.15) is 18.2 Å². The number of hydrogen-bond acceptors (Lipinski definition) is 4. The number of fused-ring (bicyclic) bond motifs is 1. The van der Waals surface area contributed by atoms with Crippen LogP contribution in [0.1, 0.15) is 34.6 Å². The first-order valence-electron chi connectivity index (χ1n) is 8.55. The number of amides is 1. The number of imidazole rings is 1. The van der Waals surface area contributed by atoms with Crippen molar-refractivity contribution < 1.29 is 27.4 Å². The Labute approximate surface area is 153 Å². The van der Waals surface area contributed by atoms with Gasteiger partial charge < -0.3 is 15.2 Å². The van der Waals surface area contributed by atoms with Crippen LogP contribution in [0.5, 0.6) is 11.8 Å². The van der Waals surface area contributed by atoms with Crippen molar-refractivity contribution in [2.45, 2.75) is 44.0 Å². The molecule has 144 valence electrons. The predicted octanol–water partition coefficient (Wildman–Crippen LogP) is 2.72. The highest BCUT2D eigenvalue weighted by Gasteiger charge is 2.64. The van der Waals surface area contributed by atoms with Gasteiger partial charge in [-0.1, -0.05) is 12.1 Å². The van der Waals surface area contributed by atoms with Crippen LogP contribution in [0.15, 0.2) is 24.3 Å². The lowest BCUT2D eigenvalue weighted by atomic mass is 9.95. The van der Waals surface area contributed by atoms with Gasteiger partial charge in [-0.25, -0.2) is 0 Å². The molecule has 1 amide bonds. The molecule has 2 aliphatic rings. The van der Waals surface area contributed by atoms with Gasteiger partial charge in [-0.3, -0.25) is 9.36 Å². The summed E-state index contributed by atoms with van der Waals surface area (Å²) in [5.74, 6) is -0.141. The molecule has 0 saturated heterocycles. The quantitative estimate of drug-likeness (QED) is 0.864. The Balaban J connectivity index is 1.37. The maximum absolute atomic E-state index is 13.2. The summed E-state index contributed by atoms with van der Waals surface area (Å²) in [6.45, 7) is 2.39. The second kappa shape index (κ2) is 5.90. The Hall–Kier alpha value is -2.71. The number of hydrogen-bond donors (Lipinski definition) is 1. The first kappa shape index (κ1) is 17.7. The van der Waals surface area contributed by atoms with E-state index in [1.54, 1.807) is 23.6 Å². The van der Waals surface area contributed by atoms with Gasteiger partial charge in [0.2, 0.25) is 0 Å². The van der Waals surface area contributed by atoms with Crippen molar-refractivity contribution in [1.82, 2.24) is 9.55 Å². The molecule has 1 aromatic heterocycles. The zero-order valence-corrected chi connectivity index (χ0v) is 14.5. The molecule has 2 aromatic rings. The summed E-state index contributed by atoms with van der Waals surface area (Å²) in [6.07, 6.45) is -4.28. The largest absolute Gasteiger partial charge is 0.490 e. The molecule has 2 heterocycles. The zero-order chi connectivity index (χ0) is 19.4. The van der Waals surface area contributed by atoms with Crippen LogP contribution in [0.2, 0.25) is 0 Å². The number of nitrogens with zero attached hydrogens (tertiary/aromatic N) is 2. The van der Waals surface area contributed by atoms with E-state index in [4.69, 9.17) is 15.2 Å². The average Bonchev–Trinajstić information content (AvgIpc) is 3.25. The molecule has 0 spiro atoms. The number of carbonyl (C=O) groups is 1. The van der Waals surface area contributed by atoms with Crippen LogP contribution in [-0.4, -0.2) is 34.3 Å². The minimum absolute atomic E-state index is 0.130. The fourth-order valence-electron chi connectivity index (χ4n) is 3.44. The topological polar surface area (TPSA) is 79.4 Å². The van der Waals surface area contributed by atoms with Gasteiger partial charge in [0.1, 0.15) is 12.4 Å². The summed E-state index contributed by atoms with van der Waals surface area (Å²) in [5.41, 5.74) is 4.65. The minimum Gasteiger partial charge on any atom is -0.490 e. The van der Waals surface area contributed by atoms with Crippen molar-refractivity contribution in [3.8, 4) is 11.8 Å². The molecular formula is C18H18F3N3O3. The molecule has 27 heavy (non-hydrogen) atoms. The molecular weight excluding hydrogens is 363 g/mol. The van der Waals surface area contributed by atoms with Crippen molar-refractivity contribution in [3.05, 3.63) is 41.2 Å². The number of nitrogens with two attached hydrogens (primary N) is 1. The summed E-state index contributed by atoms with van der Waals surface area (Å²) < 4.78 is 52.5. The second-order valence-electron chi connectivity index (χ2n) is 6.96. The van der Waals surface area contributed by atoms with Crippen molar-refractivity contribution in [2.24, 2.45) is 5.73 Å². The second-order valence-corrected chi connectivity index (χ2v) is 6.96. The van der Waals surface area contributed by atoms with Gasteiger partial charge in [0.15, 0.2) is 11.8 Å². The number of primary amides is 1. The van der Waals surface area contributed by atoms with Crippen molar-refractivity contribution in [2.75, 3.05) is 6.61 Å². The minimum atomic E-state index is -4.23. The summed E-state index contributed by atoms with van der Waals surface area (Å²) >= 11 is 0. The van der Waals surface area contributed by atoms with Crippen LogP contribution in [0.25, 0.3) is 0 Å². The normalized spacial score (nSPS) is 20.1. The number of aromatic nitrogens is 2. The predicted molar refractivity (Wildman–Crippen MR) is 88.8 cm³/mol. The molecule has 1 saturated carbocycles. The maximum atomic E-state index is 13.2. The Kier molecular flexibility index (Phi) is 3.87. The molecule has 4 rings (SSSR count). The Morgan fingerprint density at radius 2 is 2.04 bits per heavy atom. The van der Waals surface area contributed by atoms with Gasteiger partial charge in [0.25, 0.3) is 11.9 Å². The molecule has 1 aliphatic carbocycles. The fraction of sp³-hybridized carbons (Fsp3) is 0.444. The highest BCUT2D eigenvalue weighted by atomic mass is 19.4.